The van der Waals surface area contributed by atoms with Crippen molar-refractivity contribution in [3.8, 4) is 11.3 Å². The molecule has 0 unspecified atom stereocenters. The van der Waals surface area contributed by atoms with Crippen LogP contribution in [0.5, 0.6) is 0 Å². The first-order chi connectivity index (χ1) is 9.18. The van der Waals surface area contributed by atoms with E-state index in [-0.39, 0.29) is 5.56 Å². The Morgan fingerprint density at radius 3 is 2.68 bits per heavy atom. The summed E-state index contributed by atoms with van der Waals surface area (Å²) in [7, 11) is 0. The number of hydrogen-bond donors (Lipinski definition) is 2. The van der Waals surface area contributed by atoms with E-state index in [0.717, 1.165) is 0 Å². The van der Waals surface area contributed by atoms with Crippen LogP contribution in [0.1, 0.15) is 10.4 Å². The molecular formula is C14H9ClN2O2. The number of aromatic amines is 1. The molecule has 2 aromatic carbocycles. The Labute approximate surface area is 113 Å². The van der Waals surface area contributed by atoms with Crippen LogP contribution in [-0.4, -0.2) is 21.3 Å². The zero-order chi connectivity index (χ0) is 13.4. The highest BCUT2D eigenvalue weighted by molar-refractivity contribution is 6.33. The minimum absolute atomic E-state index is 0.209. The molecule has 0 saturated heterocycles. The molecule has 2 N–H and O–H groups in total. The quantitative estimate of drug-likeness (QED) is 0.749. The Hall–Kier alpha value is -2.33. The van der Waals surface area contributed by atoms with Gasteiger partial charge in [0.15, 0.2) is 0 Å². The molecule has 0 radical (unpaired) electrons. The predicted octanol–water partition coefficient (Wildman–Crippen LogP) is 3.58. The van der Waals surface area contributed by atoms with Gasteiger partial charge >= 0.3 is 5.97 Å². The number of carboxylic acid groups (broad SMARTS) is 1. The molecular weight excluding hydrogens is 264 g/mol. The molecule has 0 bridgehead atoms. The molecule has 19 heavy (non-hydrogen) atoms. The normalized spacial score (nSPS) is 10.8. The summed E-state index contributed by atoms with van der Waals surface area (Å²) >= 11 is 6.15. The summed E-state index contributed by atoms with van der Waals surface area (Å²) in [5, 5.41) is 17.4. The number of H-pyrrole nitrogens is 1. The van der Waals surface area contributed by atoms with Crippen molar-refractivity contribution < 1.29 is 9.90 Å². The minimum atomic E-state index is -0.986. The highest BCUT2D eigenvalue weighted by atomic mass is 35.5. The summed E-state index contributed by atoms with van der Waals surface area (Å²) in [6, 6.07) is 12.2. The Morgan fingerprint density at radius 2 is 1.95 bits per heavy atom. The smallest absolute Gasteiger partial charge is 0.336 e. The van der Waals surface area contributed by atoms with Crippen LogP contribution in [0, 0.1) is 0 Å². The van der Waals surface area contributed by atoms with Gasteiger partial charge in [0, 0.05) is 10.9 Å². The third-order valence-electron chi connectivity index (χ3n) is 2.95. The first kappa shape index (κ1) is 11.7. The molecule has 0 saturated carbocycles. The maximum absolute atomic E-state index is 11.3. The van der Waals surface area contributed by atoms with E-state index < -0.39 is 5.97 Å². The van der Waals surface area contributed by atoms with E-state index in [0.29, 0.717) is 27.2 Å². The van der Waals surface area contributed by atoms with Crippen molar-refractivity contribution in [2.75, 3.05) is 0 Å². The number of benzene rings is 2. The van der Waals surface area contributed by atoms with Gasteiger partial charge in [-0.3, -0.25) is 5.10 Å². The number of carbonyl (C=O) groups is 1. The van der Waals surface area contributed by atoms with E-state index in [9.17, 15) is 9.90 Å². The molecule has 3 aromatic rings. The molecule has 4 nitrogen and oxygen atoms in total. The highest BCUT2D eigenvalue weighted by Crippen LogP contribution is 2.33. The molecule has 0 aliphatic heterocycles. The molecule has 1 aromatic heterocycles. The standard InChI is InChI=1S/C14H9ClN2O2/c15-10-6-2-1-4-8(10)13-12-9(14(18)19)5-3-7-11(12)16-17-13/h1-7H,(H,16,17)(H,18,19). The van der Waals surface area contributed by atoms with Crippen molar-refractivity contribution in [2.24, 2.45) is 0 Å². The van der Waals surface area contributed by atoms with Crippen LogP contribution in [0.4, 0.5) is 0 Å². The van der Waals surface area contributed by atoms with E-state index >= 15 is 0 Å². The number of aromatic nitrogens is 2. The molecule has 0 atom stereocenters. The average molecular weight is 273 g/mol. The second-order valence-corrected chi connectivity index (χ2v) is 4.49. The lowest BCUT2D eigenvalue weighted by atomic mass is 10.0. The average Bonchev–Trinajstić information content (AvgIpc) is 2.82. The van der Waals surface area contributed by atoms with Crippen molar-refractivity contribution in [3.63, 3.8) is 0 Å². The van der Waals surface area contributed by atoms with Crippen molar-refractivity contribution >= 4 is 28.5 Å². The number of rotatable bonds is 2. The van der Waals surface area contributed by atoms with Crippen molar-refractivity contribution in [1.82, 2.24) is 10.2 Å². The molecule has 1 heterocycles. The number of carboxylic acids is 1. The maximum atomic E-state index is 11.3. The molecule has 0 fully saturated rings. The number of halogens is 1. The summed E-state index contributed by atoms with van der Waals surface area (Å²) in [4.78, 5) is 11.3. The molecule has 0 aliphatic rings. The van der Waals surface area contributed by atoms with Crippen molar-refractivity contribution in [1.29, 1.82) is 0 Å². The zero-order valence-corrected chi connectivity index (χ0v) is 10.5. The number of nitrogens with one attached hydrogen (secondary N) is 1. The monoisotopic (exact) mass is 272 g/mol. The maximum Gasteiger partial charge on any atom is 0.336 e. The van der Waals surface area contributed by atoms with Crippen LogP contribution >= 0.6 is 11.6 Å². The van der Waals surface area contributed by atoms with E-state index in [1.54, 1.807) is 24.3 Å². The molecule has 5 heteroatoms. The zero-order valence-electron chi connectivity index (χ0n) is 9.72. The van der Waals surface area contributed by atoms with E-state index in [2.05, 4.69) is 10.2 Å². The van der Waals surface area contributed by atoms with Gasteiger partial charge in [0.2, 0.25) is 0 Å². The summed E-state index contributed by atoms with van der Waals surface area (Å²) in [5.41, 5.74) is 2.15. The largest absolute Gasteiger partial charge is 0.478 e. The molecule has 0 spiro atoms. The van der Waals surface area contributed by atoms with Gasteiger partial charge < -0.3 is 5.11 Å². The third kappa shape index (κ3) is 1.86. The predicted molar refractivity (Wildman–Crippen MR) is 73.5 cm³/mol. The van der Waals surface area contributed by atoms with E-state index in [4.69, 9.17) is 11.6 Å². The fourth-order valence-electron chi connectivity index (χ4n) is 2.10. The van der Waals surface area contributed by atoms with Gasteiger partial charge in [-0.15, -0.1) is 0 Å². The second kappa shape index (κ2) is 4.40. The Bertz CT molecular complexity index is 780. The van der Waals surface area contributed by atoms with Gasteiger partial charge in [-0.05, 0) is 18.2 Å². The third-order valence-corrected chi connectivity index (χ3v) is 3.28. The molecule has 0 amide bonds. The lowest BCUT2D eigenvalue weighted by Crippen LogP contribution is -1.97. The molecule has 0 aliphatic carbocycles. The van der Waals surface area contributed by atoms with Gasteiger partial charge in [-0.1, -0.05) is 35.9 Å². The summed E-state index contributed by atoms with van der Waals surface area (Å²) in [5.74, 6) is -0.986. The lowest BCUT2D eigenvalue weighted by Gasteiger charge is -2.03. The Balaban J connectivity index is 2.37. The van der Waals surface area contributed by atoms with Crippen molar-refractivity contribution in [2.45, 2.75) is 0 Å². The van der Waals surface area contributed by atoms with E-state index in [1.165, 1.54) is 0 Å². The number of hydrogen-bond acceptors (Lipinski definition) is 2. The number of nitrogens with zero attached hydrogens (tertiary/aromatic N) is 1. The Morgan fingerprint density at radius 1 is 1.16 bits per heavy atom. The van der Waals surface area contributed by atoms with E-state index in [1.807, 2.05) is 18.2 Å². The molecule has 3 rings (SSSR count). The summed E-state index contributed by atoms with van der Waals surface area (Å²) in [6.07, 6.45) is 0. The first-order valence-electron chi connectivity index (χ1n) is 5.64. The lowest BCUT2D eigenvalue weighted by molar-refractivity contribution is 0.0699. The van der Waals surface area contributed by atoms with Crippen LogP contribution in [0.2, 0.25) is 5.02 Å². The van der Waals surface area contributed by atoms with Gasteiger partial charge in [0.25, 0.3) is 0 Å². The van der Waals surface area contributed by atoms with Gasteiger partial charge in [-0.25, -0.2) is 4.79 Å². The van der Waals surface area contributed by atoms with Crippen molar-refractivity contribution in [3.05, 3.63) is 53.1 Å². The number of fused-ring (bicyclic) bond motifs is 1. The van der Waals surface area contributed by atoms with Crippen LogP contribution in [-0.2, 0) is 0 Å². The topological polar surface area (TPSA) is 66.0 Å². The van der Waals surface area contributed by atoms with Crippen LogP contribution < -0.4 is 0 Å². The van der Waals surface area contributed by atoms with Gasteiger partial charge in [0.05, 0.1) is 16.1 Å². The second-order valence-electron chi connectivity index (χ2n) is 4.09. The first-order valence-corrected chi connectivity index (χ1v) is 6.01. The minimum Gasteiger partial charge on any atom is -0.478 e. The summed E-state index contributed by atoms with van der Waals surface area (Å²) in [6.45, 7) is 0. The summed E-state index contributed by atoms with van der Waals surface area (Å²) < 4.78 is 0. The number of aromatic carboxylic acids is 1. The van der Waals surface area contributed by atoms with Crippen LogP contribution in [0.25, 0.3) is 22.2 Å². The Kier molecular flexibility index (Phi) is 2.72. The van der Waals surface area contributed by atoms with Gasteiger partial charge in [0.1, 0.15) is 5.69 Å². The van der Waals surface area contributed by atoms with Crippen LogP contribution in [0.15, 0.2) is 42.5 Å². The fraction of sp³-hybridized carbons (Fsp3) is 0. The highest BCUT2D eigenvalue weighted by Gasteiger charge is 2.17. The molecule has 94 valence electrons. The van der Waals surface area contributed by atoms with Crippen LogP contribution in [0.3, 0.4) is 0 Å². The van der Waals surface area contributed by atoms with Gasteiger partial charge in [-0.2, -0.15) is 5.10 Å². The fourth-order valence-corrected chi connectivity index (χ4v) is 2.32. The SMILES string of the molecule is O=C(O)c1cccc2[nH]nc(-c3ccccc3Cl)c12.